The number of nitrogens with one attached hydrogen (secondary N) is 1. The number of hydrogen-bond donors (Lipinski definition) is 1. The van der Waals surface area contributed by atoms with Gasteiger partial charge in [-0.3, -0.25) is 4.79 Å². The second kappa shape index (κ2) is 7.03. The first-order chi connectivity index (χ1) is 10.4. The van der Waals surface area contributed by atoms with Crippen molar-refractivity contribution in [3.05, 3.63) is 29.8 Å². The third kappa shape index (κ3) is 4.39. The molecular formula is C16H20F3NO2. The molecule has 0 aliphatic heterocycles. The Morgan fingerprint density at radius 1 is 1.23 bits per heavy atom. The van der Waals surface area contributed by atoms with E-state index in [4.69, 9.17) is 4.74 Å². The number of benzene rings is 1. The highest BCUT2D eigenvalue weighted by Gasteiger charge is 2.45. The van der Waals surface area contributed by atoms with Gasteiger partial charge in [0.05, 0.1) is 19.4 Å². The minimum Gasteiger partial charge on any atom is -0.497 e. The minimum atomic E-state index is -4.25. The van der Waals surface area contributed by atoms with Gasteiger partial charge in [0.15, 0.2) is 0 Å². The van der Waals surface area contributed by atoms with Crippen LogP contribution in [0.5, 0.6) is 5.75 Å². The molecule has 2 atom stereocenters. The van der Waals surface area contributed by atoms with E-state index in [1.165, 1.54) is 0 Å². The molecule has 1 aliphatic carbocycles. The van der Waals surface area contributed by atoms with Gasteiger partial charge in [0, 0.05) is 6.04 Å². The van der Waals surface area contributed by atoms with Crippen molar-refractivity contribution < 1.29 is 22.7 Å². The molecule has 1 saturated carbocycles. The summed E-state index contributed by atoms with van der Waals surface area (Å²) in [5.74, 6) is -1.12. The maximum absolute atomic E-state index is 13.0. The molecule has 1 fully saturated rings. The Labute approximate surface area is 127 Å². The Kier molecular flexibility index (Phi) is 5.32. The predicted octanol–water partition coefficient (Wildman–Crippen LogP) is 3.48. The second-order valence-electron chi connectivity index (χ2n) is 5.63. The highest BCUT2D eigenvalue weighted by atomic mass is 19.4. The Bertz CT molecular complexity index is 499. The lowest BCUT2D eigenvalue weighted by molar-refractivity contribution is -0.189. The molecular weight excluding hydrogens is 295 g/mol. The van der Waals surface area contributed by atoms with Crippen LogP contribution in [0.2, 0.25) is 0 Å². The summed E-state index contributed by atoms with van der Waals surface area (Å²) in [6.07, 6.45) is -2.41. The van der Waals surface area contributed by atoms with Crippen LogP contribution in [0.1, 0.15) is 31.2 Å². The summed E-state index contributed by atoms with van der Waals surface area (Å²) >= 11 is 0. The van der Waals surface area contributed by atoms with Crippen molar-refractivity contribution in [2.75, 3.05) is 7.11 Å². The molecule has 0 unspecified atom stereocenters. The Morgan fingerprint density at radius 2 is 1.86 bits per heavy atom. The average Bonchev–Trinajstić information content (AvgIpc) is 2.47. The van der Waals surface area contributed by atoms with Crippen molar-refractivity contribution in [1.29, 1.82) is 0 Å². The molecule has 22 heavy (non-hydrogen) atoms. The molecule has 1 amide bonds. The smallest absolute Gasteiger partial charge is 0.393 e. The van der Waals surface area contributed by atoms with E-state index in [0.717, 1.165) is 12.0 Å². The molecule has 1 aliphatic rings. The van der Waals surface area contributed by atoms with Crippen LogP contribution >= 0.6 is 0 Å². The van der Waals surface area contributed by atoms with Crippen molar-refractivity contribution in [1.82, 2.24) is 5.32 Å². The van der Waals surface area contributed by atoms with E-state index in [2.05, 4.69) is 5.32 Å². The summed E-state index contributed by atoms with van der Waals surface area (Å²) < 4.78 is 44.0. The molecule has 0 radical (unpaired) electrons. The van der Waals surface area contributed by atoms with Gasteiger partial charge in [-0.1, -0.05) is 25.0 Å². The fraction of sp³-hybridized carbons (Fsp3) is 0.562. The van der Waals surface area contributed by atoms with Gasteiger partial charge >= 0.3 is 6.18 Å². The number of halogens is 3. The van der Waals surface area contributed by atoms with Gasteiger partial charge in [0.2, 0.25) is 5.91 Å². The summed E-state index contributed by atoms with van der Waals surface area (Å²) in [6.45, 7) is 0. The van der Waals surface area contributed by atoms with Crippen molar-refractivity contribution in [3.63, 3.8) is 0 Å². The quantitative estimate of drug-likeness (QED) is 0.924. The van der Waals surface area contributed by atoms with Crippen molar-refractivity contribution in [2.45, 2.75) is 44.3 Å². The molecule has 0 aromatic heterocycles. The lowest BCUT2D eigenvalue weighted by Crippen LogP contribution is -2.48. The molecule has 1 N–H and O–H groups in total. The fourth-order valence-corrected chi connectivity index (χ4v) is 2.88. The van der Waals surface area contributed by atoms with Crippen LogP contribution in [0, 0.1) is 5.92 Å². The highest BCUT2D eigenvalue weighted by molar-refractivity contribution is 5.79. The molecule has 2 rings (SSSR count). The minimum absolute atomic E-state index is 0.0745. The molecule has 1 aromatic carbocycles. The van der Waals surface area contributed by atoms with E-state index in [1.54, 1.807) is 31.4 Å². The maximum Gasteiger partial charge on any atom is 0.393 e. The number of hydrogen-bond acceptors (Lipinski definition) is 2. The van der Waals surface area contributed by atoms with Crippen molar-refractivity contribution >= 4 is 5.91 Å². The van der Waals surface area contributed by atoms with Crippen LogP contribution in [-0.2, 0) is 11.2 Å². The van der Waals surface area contributed by atoms with Gasteiger partial charge in [0.1, 0.15) is 5.75 Å². The molecule has 0 saturated heterocycles. The molecule has 0 bridgehead atoms. The number of carbonyl (C=O) groups excluding carboxylic acids is 1. The largest absolute Gasteiger partial charge is 0.497 e. The molecule has 122 valence electrons. The van der Waals surface area contributed by atoms with Crippen LogP contribution in [0.4, 0.5) is 13.2 Å². The van der Waals surface area contributed by atoms with Crippen LogP contribution in [0.15, 0.2) is 24.3 Å². The number of alkyl halides is 3. The molecule has 0 heterocycles. The summed E-state index contributed by atoms with van der Waals surface area (Å²) in [4.78, 5) is 12.0. The summed E-state index contributed by atoms with van der Waals surface area (Å²) in [5.41, 5.74) is 0.748. The molecule has 1 aromatic rings. The summed E-state index contributed by atoms with van der Waals surface area (Å²) in [6, 6.07) is 6.12. The summed E-state index contributed by atoms with van der Waals surface area (Å²) in [7, 11) is 1.54. The van der Waals surface area contributed by atoms with Crippen LogP contribution < -0.4 is 10.1 Å². The van der Waals surface area contributed by atoms with Crippen LogP contribution in [0.25, 0.3) is 0 Å². The molecule has 3 nitrogen and oxygen atoms in total. The SMILES string of the molecule is COc1ccc(CC(=O)N[C@@H]2CCCC[C@H]2C(F)(F)F)cc1. The van der Waals surface area contributed by atoms with Gasteiger partial charge in [-0.05, 0) is 30.5 Å². The fourth-order valence-electron chi connectivity index (χ4n) is 2.88. The normalized spacial score (nSPS) is 22.2. The lowest BCUT2D eigenvalue weighted by Gasteiger charge is -2.33. The van der Waals surface area contributed by atoms with Gasteiger partial charge < -0.3 is 10.1 Å². The van der Waals surface area contributed by atoms with Crippen LogP contribution in [0.3, 0.4) is 0 Å². The standard InChI is InChI=1S/C16H20F3NO2/c1-22-12-8-6-11(7-9-12)10-15(21)20-14-5-3-2-4-13(14)16(17,18)19/h6-9,13-14H,2-5,10H2,1H3,(H,20,21)/t13-,14-/m1/s1. The predicted molar refractivity (Wildman–Crippen MR) is 76.6 cm³/mol. The monoisotopic (exact) mass is 315 g/mol. The van der Waals surface area contributed by atoms with Gasteiger partial charge in [-0.15, -0.1) is 0 Å². The van der Waals surface area contributed by atoms with Crippen molar-refractivity contribution in [3.8, 4) is 5.75 Å². The number of ether oxygens (including phenoxy) is 1. The number of carbonyl (C=O) groups is 1. The number of amides is 1. The third-order valence-electron chi connectivity index (χ3n) is 4.06. The zero-order valence-corrected chi connectivity index (χ0v) is 12.5. The first kappa shape index (κ1) is 16.6. The van der Waals surface area contributed by atoms with E-state index in [1.807, 2.05) is 0 Å². The zero-order valence-electron chi connectivity index (χ0n) is 12.5. The first-order valence-electron chi connectivity index (χ1n) is 7.39. The maximum atomic E-state index is 13.0. The van der Waals surface area contributed by atoms with Gasteiger partial charge in [0.25, 0.3) is 0 Å². The molecule has 0 spiro atoms. The van der Waals surface area contributed by atoms with E-state index < -0.39 is 18.1 Å². The first-order valence-corrected chi connectivity index (χ1v) is 7.39. The van der Waals surface area contributed by atoms with E-state index in [-0.39, 0.29) is 18.7 Å². The second-order valence-corrected chi connectivity index (χ2v) is 5.63. The Morgan fingerprint density at radius 3 is 2.45 bits per heavy atom. The summed E-state index contributed by atoms with van der Waals surface area (Å²) in [5, 5.41) is 2.56. The Hall–Kier alpha value is -1.72. The van der Waals surface area contributed by atoms with Gasteiger partial charge in [-0.2, -0.15) is 13.2 Å². The number of rotatable bonds is 4. The topological polar surface area (TPSA) is 38.3 Å². The van der Waals surface area contributed by atoms with Gasteiger partial charge in [-0.25, -0.2) is 0 Å². The van der Waals surface area contributed by atoms with Crippen molar-refractivity contribution in [2.24, 2.45) is 5.92 Å². The van der Waals surface area contributed by atoms with E-state index >= 15 is 0 Å². The molecule has 6 heteroatoms. The van der Waals surface area contributed by atoms with E-state index in [9.17, 15) is 18.0 Å². The Balaban J connectivity index is 1.94. The number of methoxy groups -OCH3 is 1. The zero-order chi connectivity index (χ0) is 16.2. The lowest BCUT2D eigenvalue weighted by atomic mass is 9.84. The van der Waals surface area contributed by atoms with Crippen LogP contribution in [-0.4, -0.2) is 25.2 Å². The average molecular weight is 315 g/mol. The third-order valence-corrected chi connectivity index (χ3v) is 4.06. The highest BCUT2D eigenvalue weighted by Crippen LogP contribution is 2.37. The van der Waals surface area contributed by atoms with E-state index in [0.29, 0.717) is 18.6 Å².